The molecule has 2 rings (SSSR count). The van der Waals surface area contributed by atoms with Gasteiger partial charge in [-0.2, -0.15) is 8.42 Å². The molecule has 9 nitrogen and oxygen atoms in total. The van der Waals surface area contributed by atoms with E-state index in [1.54, 1.807) is 38.5 Å². The van der Waals surface area contributed by atoms with Crippen LogP contribution in [0.2, 0.25) is 0 Å². The van der Waals surface area contributed by atoms with Crippen molar-refractivity contribution in [1.82, 2.24) is 5.32 Å². The van der Waals surface area contributed by atoms with Crippen LogP contribution in [0.1, 0.15) is 37.3 Å². The van der Waals surface area contributed by atoms with Crippen molar-refractivity contribution in [2.24, 2.45) is 0 Å². The molecule has 0 fully saturated rings. The first-order valence-electron chi connectivity index (χ1n) is 10.4. The van der Waals surface area contributed by atoms with E-state index in [0.29, 0.717) is 28.3 Å². The van der Waals surface area contributed by atoms with Crippen LogP contribution < -0.4 is 10.1 Å². The van der Waals surface area contributed by atoms with E-state index in [2.05, 4.69) is 12.2 Å². The van der Waals surface area contributed by atoms with Gasteiger partial charge in [0.05, 0.1) is 9.82 Å². The first kappa shape index (κ1) is 26.6. The third-order valence-electron chi connectivity index (χ3n) is 4.85. The molecule has 0 spiro atoms. The van der Waals surface area contributed by atoms with Crippen molar-refractivity contribution in [3.8, 4) is 5.75 Å². The summed E-state index contributed by atoms with van der Waals surface area (Å²) in [6.45, 7) is 6.17. The fourth-order valence-corrected chi connectivity index (χ4v) is 7.30. The zero-order valence-electron chi connectivity index (χ0n) is 19.4. The second-order valence-electron chi connectivity index (χ2n) is 7.91. The van der Waals surface area contributed by atoms with Crippen LogP contribution in [0.5, 0.6) is 5.75 Å². The Balaban J connectivity index is 2.20. The van der Waals surface area contributed by atoms with Gasteiger partial charge in [-0.3, -0.25) is 10.1 Å². The van der Waals surface area contributed by atoms with Crippen LogP contribution in [0.15, 0.2) is 46.2 Å². The predicted molar refractivity (Wildman–Crippen MR) is 129 cm³/mol. The third kappa shape index (κ3) is 7.18. The molecule has 0 saturated carbocycles. The largest absolute Gasteiger partial charge is 0.412 e. The smallest absolute Gasteiger partial charge is 0.410 e. The lowest BCUT2D eigenvalue weighted by Crippen LogP contribution is -2.28. The van der Waals surface area contributed by atoms with Crippen LogP contribution in [-0.2, 0) is 13.7 Å². The Morgan fingerprint density at radius 2 is 1.70 bits per heavy atom. The summed E-state index contributed by atoms with van der Waals surface area (Å²) < 4.78 is 36.6. The molecule has 2 aromatic rings. The van der Waals surface area contributed by atoms with Gasteiger partial charge in [-0.25, -0.2) is 8.42 Å². The van der Waals surface area contributed by atoms with Crippen LogP contribution in [0.25, 0.3) is 0 Å². The fraction of sp³-hybridized carbons (Fsp3) is 0.409. The number of rotatable bonds is 10. The van der Waals surface area contributed by atoms with Crippen molar-refractivity contribution in [3.63, 3.8) is 0 Å². The summed E-state index contributed by atoms with van der Waals surface area (Å²) in [7, 11) is -6.45. The Hall–Kier alpha value is -2.63. The number of hydrogen-bond donors (Lipinski definition) is 1. The second-order valence-corrected chi connectivity index (χ2v) is 12.7. The highest BCUT2D eigenvalue weighted by Gasteiger charge is 2.28. The van der Waals surface area contributed by atoms with Crippen molar-refractivity contribution >= 4 is 32.2 Å². The van der Waals surface area contributed by atoms with Crippen molar-refractivity contribution < 1.29 is 26.5 Å². The Bertz CT molecular complexity index is 1110. The quantitative estimate of drug-likeness (QED) is 0.270. The summed E-state index contributed by atoms with van der Waals surface area (Å²) >= 11 is 0. The van der Waals surface area contributed by atoms with Gasteiger partial charge in [0.25, 0.3) is 5.69 Å². The van der Waals surface area contributed by atoms with Crippen molar-refractivity contribution in [3.05, 3.63) is 57.6 Å². The summed E-state index contributed by atoms with van der Waals surface area (Å²) in [6, 6.07) is 7.98. The van der Waals surface area contributed by atoms with E-state index in [9.17, 15) is 23.3 Å². The maximum Gasteiger partial charge on any atom is 0.412 e. The lowest BCUT2D eigenvalue weighted by Gasteiger charge is -2.32. The summed E-state index contributed by atoms with van der Waals surface area (Å²) in [6.07, 6.45) is 5.80. The number of unbranched alkanes of at least 4 members (excludes halogenated alkanes) is 2. The summed E-state index contributed by atoms with van der Waals surface area (Å²) in [5.74, 6) is 0.387. The monoisotopic (exact) mass is 498 g/mol. The number of carbonyl (C=O) groups excluding carboxylic acids is 1. The second kappa shape index (κ2) is 11.0. The van der Waals surface area contributed by atoms with Crippen LogP contribution in [-0.4, -0.2) is 38.5 Å². The minimum absolute atomic E-state index is 0.164. The van der Waals surface area contributed by atoms with Gasteiger partial charge >= 0.3 is 16.2 Å². The number of ether oxygens (including phenoxy) is 1. The Morgan fingerprint density at radius 3 is 2.27 bits per heavy atom. The SMILES string of the molecule is CCCCCNC(=O)Oc1cc(C)c(S(C)(C)OS(=O)(=O)c2ccc([N+](=O)[O-])cc2)cc1C. The van der Waals surface area contributed by atoms with Gasteiger partial charge in [-0.15, -0.1) is 0 Å². The Labute approximate surface area is 196 Å². The normalized spacial score (nSPS) is 12.3. The van der Waals surface area contributed by atoms with Gasteiger partial charge < -0.3 is 10.1 Å². The number of amides is 1. The van der Waals surface area contributed by atoms with Gasteiger partial charge in [0.1, 0.15) is 5.75 Å². The standard InChI is InChI=1S/C22H30N2O7S2/c1-6-7-8-13-23-22(25)30-20-14-17(3)21(15-16(20)2)32(4,5)31-33(28,29)19-11-9-18(10-12-19)24(26)27/h9-12,14-15H,6-8,13H2,1-5H3,(H,23,25). The number of hydrogen-bond acceptors (Lipinski definition) is 7. The molecule has 0 aliphatic carbocycles. The van der Waals surface area contributed by atoms with Crippen LogP contribution in [0.4, 0.5) is 10.5 Å². The number of nitro groups is 1. The van der Waals surface area contributed by atoms with E-state index < -0.39 is 31.4 Å². The van der Waals surface area contributed by atoms with E-state index in [-0.39, 0.29) is 10.6 Å². The molecule has 0 aliphatic rings. The third-order valence-corrected chi connectivity index (χ3v) is 9.28. The molecule has 0 bridgehead atoms. The highest BCUT2D eigenvalue weighted by molar-refractivity contribution is 8.32. The van der Waals surface area contributed by atoms with Crippen molar-refractivity contribution in [2.45, 2.75) is 49.8 Å². The topological polar surface area (TPSA) is 125 Å². The van der Waals surface area contributed by atoms with E-state index in [4.69, 9.17) is 8.37 Å². The highest BCUT2D eigenvalue weighted by Crippen LogP contribution is 2.54. The van der Waals surface area contributed by atoms with Crippen molar-refractivity contribution in [2.75, 3.05) is 19.1 Å². The van der Waals surface area contributed by atoms with Gasteiger partial charge in [-0.05, 0) is 68.2 Å². The number of nitrogens with zero attached hydrogens (tertiary/aromatic N) is 1. The predicted octanol–water partition coefficient (Wildman–Crippen LogP) is 5.23. The molecule has 11 heteroatoms. The molecule has 33 heavy (non-hydrogen) atoms. The molecule has 0 aliphatic heterocycles. The maximum atomic E-state index is 12.8. The minimum atomic E-state index is -4.16. The van der Waals surface area contributed by atoms with Gasteiger partial charge in [0, 0.05) is 23.6 Å². The number of nitro benzene ring substituents is 1. The first-order chi connectivity index (χ1) is 15.4. The summed E-state index contributed by atoms with van der Waals surface area (Å²) in [4.78, 5) is 22.8. The zero-order valence-corrected chi connectivity index (χ0v) is 21.0. The molecule has 0 aromatic heterocycles. The van der Waals surface area contributed by atoms with Crippen LogP contribution in [0, 0.1) is 24.0 Å². The lowest BCUT2D eigenvalue weighted by molar-refractivity contribution is -0.384. The van der Waals surface area contributed by atoms with Gasteiger partial charge in [-0.1, -0.05) is 30.1 Å². The first-order valence-corrected chi connectivity index (χ1v) is 14.2. The minimum Gasteiger partial charge on any atom is -0.410 e. The molecule has 0 saturated heterocycles. The molecule has 0 radical (unpaired) electrons. The van der Waals surface area contributed by atoms with E-state index >= 15 is 0 Å². The van der Waals surface area contributed by atoms with Crippen LogP contribution >= 0.6 is 10.3 Å². The average Bonchev–Trinajstić information content (AvgIpc) is 2.72. The van der Waals surface area contributed by atoms with E-state index in [0.717, 1.165) is 43.5 Å². The highest BCUT2D eigenvalue weighted by atomic mass is 32.3. The molecule has 2 aromatic carbocycles. The molecule has 1 amide bonds. The van der Waals surface area contributed by atoms with Crippen LogP contribution in [0.3, 0.4) is 0 Å². The summed E-state index contributed by atoms with van der Waals surface area (Å²) in [5.41, 5.74) is 1.17. The number of benzene rings is 2. The molecule has 0 atom stereocenters. The Kier molecular flexibility index (Phi) is 8.87. The van der Waals surface area contributed by atoms with Crippen molar-refractivity contribution in [1.29, 1.82) is 0 Å². The zero-order chi connectivity index (χ0) is 24.8. The summed E-state index contributed by atoms with van der Waals surface area (Å²) in [5, 5.41) is 13.5. The van der Waals surface area contributed by atoms with Gasteiger partial charge in [0.2, 0.25) is 0 Å². The molecule has 1 N–H and O–H groups in total. The van der Waals surface area contributed by atoms with E-state index in [1.807, 2.05) is 0 Å². The number of non-ortho nitro benzene ring substituents is 1. The fourth-order valence-electron chi connectivity index (χ4n) is 3.14. The molecular formula is C22H30N2O7S2. The Morgan fingerprint density at radius 1 is 1.06 bits per heavy atom. The maximum absolute atomic E-state index is 12.8. The molecular weight excluding hydrogens is 468 g/mol. The number of carbonyl (C=O) groups is 1. The number of aryl methyl sites for hydroxylation is 2. The molecule has 182 valence electrons. The molecule has 0 unspecified atom stereocenters. The van der Waals surface area contributed by atoms with Gasteiger partial charge in [0.15, 0.2) is 0 Å². The number of nitrogens with one attached hydrogen (secondary N) is 1. The molecule has 0 heterocycles. The van der Waals surface area contributed by atoms with E-state index in [1.165, 1.54) is 0 Å². The lowest BCUT2D eigenvalue weighted by atomic mass is 10.1. The average molecular weight is 499 g/mol.